The molecule has 0 saturated heterocycles. The maximum absolute atomic E-state index is 12.5. The molecule has 6 nitrogen and oxygen atoms in total. The lowest BCUT2D eigenvalue weighted by atomic mass is 9.99. The Morgan fingerprint density at radius 1 is 1.03 bits per heavy atom. The molecule has 0 unspecified atom stereocenters. The highest BCUT2D eigenvalue weighted by atomic mass is 16.1. The standard InChI is InChI=1S/C23H19N5O/c1-14-10-20(29)18-6-2-5-16(22(18)27-14)19-11-21(28-23-17(19)7-9-25-23)26-13-15-4-3-8-24-12-15/h2-12H,13H2,1H3,(H,27,29)(H2,25,26,28). The number of aromatic amines is 2. The number of fused-ring (bicyclic) bond motifs is 2. The van der Waals surface area contributed by atoms with Crippen LogP contribution in [-0.4, -0.2) is 19.9 Å². The molecule has 0 atom stereocenters. The Labute approximate surface area is 166 Å². The molecule has 142 valence electrons. The largest absolute Gasteiger partial charge is 0.366 e. The molecule has 4 heterocycles. The van der Waals surface area contributed by atoms with Gasteiger partial charge in [-0.3, -0.25) is 9.78 Å². The lowest BCUT2D eigenvalue weighted by molar-refractivity contribution is 1.09. The van der Waals surface area contributed by atoms with E-state index in [4.69, 9.17) is 4.98 Å². The fourth-order valence-electron chi connectivity index (χ4n) is 3.67. The topological polar surface area (TPSA) is 86.5 Å². The average molecular weight is 381 g/mol. The van der Waals surface area contributed by atoms with Gasteiger partial charge >= 0.3 is 0 Å². The molecular formula is C23H19N5O. The van der Waals surface area contributed by atoms with Gasteiger partial charge in [-0.25, -0.2) is 4.98 Å². The molecule has 0 fully saturated rings. The van der Waals surface area contributed by atoms with Gasteiger partial charge in [-0.05, 0) is 42.3 Å². The van der Waals surface area contributed by atoms with Crippen molar-refractivity contribution >= 4 is 27.8 Å². The molecular weight excluding hydrogens is 362 g/mol. The van der Waals surface area contributed by atoms with Gasteiger partial charge in [0.25, 0.3) is 0 Å². The van der Waals surface area contributed by atoms with Crippen LogP contribution in [0.5, 0.6) is 0 Å². The summed E-state index contributed by atoms with van der Waals surface area (Å²) in [5.74, 6) is 0.755. The zero-order chi connectivity index (χ0) is 19.8. The number of nitrogens with zero attached hydrogens (tertiary/aromatic N) is 2. The summed E-state index contributed by atoms with van der Waals surface area (Å²) >= 11 is 0. The van der Waals surface area contributed by atoms with Crippen molar-refractivity contribution in [2.75, 3.05) is 5.32 Å². The fourth-order valence-corrected chi connectivity index (χ4v) is 3.67. The zero-order valence-electron chi connectivity index (χ0n) is 15.9. The Hall–Kier alpha value is -3.93. The summed E-state index contributed by atoms with van der Waals surface area (Å²) in [5.41, 5.74) is 5.55. The minimum absolute atomic E-state index is 0.0207. The quantitative estimate of drug-likeness (QED) is 0.431. The number of benzene rings is 1. The van der Waals surface area contributed by atoms with Gasteiger partial charge in [0, 0.05) is 53.2 Å². The number of nitrogens with one attached hydrogen (secondary N) is 3. The van der Waals surface area contributed by atoms with E-state index in [1.807, 2.05) is 61.8 Å². The monoisotopic (exact) mass is 381 g/mol. The number of hydrogen-bond acceptors (Lipinski definition) is 4. The third-order valence-corrected chi connectivity index (χ3v) is 5.01. The highest BCUT2D eigenvalue weighted by Gasteiger charge is 2.13. The summed E-state index contributed by atoms with van der Waals surface area (Å²) in [6.45, 7) is 2.52. The molecule has 4 aromatic heterocycles. The molecule has 0 amide bonds. The van der Waals surface area contributed by atoms with Crippen molar-refractivity contribution in [3.05, 3.63) is 88.6 Å². The number of para-hydroxylation sites is 1. The third kappa shape index (κ3) is 3.14. The van der Waals surface area contributed by atoms with Crippen molar-refractivity contribution in [3.63, 3.8) is 0 Å². The maximum Gasteiger partial charge on any atom is 0.189 e. The molecule has 29 heavy (non-hydrogen) atoms. The van der Waals surface area contributed by atoms with Gasteiger partial charge in [-0.15, -0.1) is 0 Å². The first-order valence-corrected chi connectivity index (χ1v) is 9.43. The fraction of sp³-hybridized carbons (Fsp3) is 0.0870. The van der Waals surface area contributed by atoms with Gasteiger partial charge in [0.05, 0.1) is 5.52 Å². The van der Waals surface area contributed by atoms with Crippen LogP contribution >= 0.6 is 0 Å². The van der Waals surface area contributed by atoms with E-state index in [-0.39, 0.29) is 5.43 Å². The first-order valence-electron chi connectivity index (χ1n) is 9.43. The zero-order valence-corrected chi connectivity index (χ0v) is 15.9. The van der Waals surface area contributed by atoms with Crippen molar-refractivity contribution in [2.45, 2.75) is 13.5 Å². The van der Waals surface area contributed by atoms with E-state index in [9.17, 15) is 4.79 Å². The molecule has 6 heteroatoms. The number of aryl methyl sites for hydroxylation is 1. The van der Waals surface area contributed by atoms with E-state index in [0.29, 0.717) is 11.9 Å². The minimum Gasteiger partial charge on any atom is -0.366 e. The Morgan fingerprint density at radius 3 is 2.83 bits per heavy atom. The smallest absolute Gasteiger partial charge is 0.189 e. The Morgan fingerprint density at radius 2 is 1.97 bits per heavy atom. The lowest BCUT2D eigenvalue weighted by Gasteiger charge is -2.12. The molecule has 5 aromatic rings. The molecule has 0 radical (unpaired) electrons. The lowest BCUT2D eigenvalue weighted by Crippen LogP contribution is -2.04. The molecule has 5 rings (SSSR count). The SMILES string of the molecule is Cc1cc(=O)c2cccc(-c3cc(NCc4cccnc4)nc4[nH]ccc34)c2[nH]1. The summed E-state index contributed by atoms with van der Waals surface area (Å²) in [6, 6.07) is 15.4. The van der Waals surface area contributed by atoms with Crippen LogP contribution in [0.2, 0.25) is 0 Å². The normalized spacial score (nSPS) is 11.2. The average Bonchev–Trinajstić information content (AvgIpc) is 3.21. The van der Waals surface area contributed by atoms with Crippen LogP contribution in [0.25, 0.3) is 33.1 Å². The van der Waals surface area contributed by atoms with E-state index in [0.717, 1.165) is 44.8 Å². The summed E-state index contributed by atoms with van der Waals surface area (Å²) in [4.78, 5) is 27.9. The number of hydrogen-bond donors (Lipinski definition) is 3. The van der Waals surface area contributed by atoms with Crippen LogP contribution in [0, 0.1) is 6.92 Å². The van der Waals surface area contributed by atoms with Gasteiger partial charge < -0.3 is 15.3 Å². The summed E-state index contributed by atoms with van der Waals surface area (Å²) in [6.07, 6.45) is 5.47. The van der Waals surface area contributed by atoms with Gasteiger partial charge in [0.15, 0.2) is 5.43 Å². The third-order valence-electron chi connectivity index (χ3n) is 5.01. The van der Waals surface area contributed by atoms with Crippen LogP contribution in [0.1, 0.15) is 11.3 Å². The number of H-pyrrole nitrogens is 2. The molecule has 0 bridgehead atoms. The second-order valence-corrected chi connectivity index (χ2v) is 7.05. The van der Waals surface area contributed by atoms with Crippen LogP contribution in [-0.2, 0) is 6.54 Å². The molecule has 3 N–H and O–H groups in total. The Bertz CT molecular complexity index is 1390. The van der Waals surface area contributed by atoms with Crippen LogP contribution in [0.15, 0.2) is 71.9 Å². The Kier molecular flexibility index (Phi) is 4.09. The van der Waals surface area contributed by atoms with E-state index in [1.165, 1.54) is 0 Å². The number of anilines is 1. The number of rotatable bonds is 4. The highest BCUT2D eigenvalue weighted by molar-refractivity contribution is 6.03. The van der Waals surface area contributed by atoms with Crippen LogP contribution < -0.4 is 10.7 Å². The first-order chi connectivity index (χ1) is 14.2. The van der Waals surface area contributed by atoms with E-state index < -0.39 is 0 Å². The number of pyridine rings is 3. The molecule has 1 aromatic carbocycles. The first kappa shape index (κ1) is 17.2. The van der Waals surface area contributed by atoms with Crippen molar-refractivity contribution in [2.24, 2.45) is 0 Å². The predicted octanol–water partition coefficient (Wildman–Crippen LogP) is 4.39. The molecule has 0 aliphatic heterocycles. The van der Waals surface area contributed by atoms with E-state index in [1.54, 1.807) is 12.3 Å². The van der Waals surface area contributed by atoms with Crippen molar-refractivity contribution in [1.82, 2.24) is 19.9 Å². The summed E-state index contributed by atoms with van der Waals surface area (Å²) in [7, 11) is 0. The van der Waals surface area contributed by atoms with Gasteiger partial charge in [-0.1, -0.05) is 18.2 Å². The minimum atomic E-state index is 0.0207. The van der Waals surface area contributed by atoms with Crippen LogP contribution in [0.3, 0.4) is 0 Å². The maximum atomic E-state index is 12.5. The Balaban J connectivity index is 1.66. The van der Waals surface area contributed by atoms with E-state index >= 15 is 0 Å². The molecule has 0 aliphatic rings. The van der Waals surface area contributed by atoms with E-state index in [2.05, 4.69) is 20.3 Å². The van der Waals surface area contributed by atoms with Gasteiger partial charge in [-0.2, -0.15) is 0 Å². The highest BCUT2D eigenvalue weighted by Crippen LogP contribution is 2.33. The van der Waals surface area contributed by atoms with Crippen molar-refractivity contribution in [3.8, 4) is 11.1 Å². The second-order valence-electron chi connectivity index (χ2n) is 7.05. The molecule has 0 spiro atoms. The molecule has 0 saturated carbocycles. The van der Waals surface area contributed by atoms with Gasteiger partial charge in [0.2, 0.25) is 0 Å². The second kappa shape index (κ2) is 6.91. The predicted molar refractivity (Wildman–Crippen MR) is 116 cm³/mol. The summed E-state index contributed by atoms with van der Waals surface area (Å²) in [5, 5.41) is 5.07. The van der Waals surface area contributed by atoms with Crippen molar-refractivity contribution < 1.29 is 0 Å². The molecule has 0 aliphatic carbocycles. The number of aromatic nitrogens is 4. The van der Waals surface area contributed by atoms with Gasteiger partial charge in [0.1, 0.15) is 11.5 Å². The van der Waals surface area contributed by atoms with Crippen molar-refractivity contribution in [1.29, 1.82) is 0 Å². The van der Waals surface area contributed by atoms with Crippen LogP contribution in [0.4, 0.5) is 5.82 Å². The summed E-state index contributed by atoms with van der Waals surface area (Å²) < 4.78 is 0.